The summed E-state index contributed by atoms with van der Waals surface area (Å²) in [4.78, 5) is 10.6. The molecule has 2 N–H and O–H groups in total. The summed E-state index contributed by atoms with van der Waals surface area (Å²) in [5.74, 6) is 0. The van der Waals surface area contributed by atoms with Crippen molar-refractivity contribution in [2.24, 2.45) is 10.8 Å². The minimum absolute atomic E-state index is 0.133. The zero-order valence-electron chi connectivity index (χ0n) is 8.16. The van der Waals surface area contributed by atoms with E-state index in [2.05, 4.69) is 0 Å². The Hall–Kier alpha value is -0.410. The van der Waals surface area contributed by atoms with Crippen molar-refractivity contribution in [1.29, 1.82) is 0 Å². The standard InChI is InChI=1S/C9H18O3/c1-8(2,5-10)7(12)9(3,4)6-11/h5,7,11-12H,6H2,1-4H3. The molecule has 0 saturated carbocycles. The number of aliphatic hydroxyl groups is 2. The normalized spacial score (nSPS) is 15.8. The molecule has 0 aromatic heterocycles. The van der Waals surface area contributed by atoms with Crippen LogP contribution in [-0.2, 0) is 4.79 Å². The van der Waals surface area contributed by atoms with Gasteiger partial charge in [0.15, 0.2) is 0 Å². The molecule has 1 atom stereocenters. The second-order valence-electron chi connectivity index (χ2n) is 4.49. The molecule has 0 bridgehead atoms. The van der Waals surface area contributed by atoms with E-state index < -0.39 is 16.9 Å². The van der Waals surface area contributed by atoms with Crippen molar-refractivity contribution in [3.05, 3.63) is 0 Å². The predicted octanol–water partition coefficient (Wildman–Crippen LogP) is 0.591. The molecule has 0 aromatic rings. The molecule has 0 saturated heterocycles. The summed E-state index contributed by atoms with van der Waals surface area (Å²) in [6.45, 7) is 6.63. The summed E-state index contributed by atoms with van der Waals surface area (Å²) >= 11 is 0. The van der Waals surface area contributed by atoms with Crippen LogP contribution >= 0.6 is 0 Å². The molecule has 1 unspecified atom stereocenters. The lowest BCUT2D eigenvalue weighted by molar-refractivity contribution is -0.128. The molecule has 0 aliphatic rings. The van der Waals surface area contributed by atoms with Crippen molar-refractivity contribution in [3.8, 4) is 0 Å². The highest BCUT2D eigenvalue weighted by Gasteiger charge is 2.38. The van der Waals surface area contributed by atoms with Crippen LogP contribution in [0.1, 0.15) is 27.7 Å². The lowest BCUT2D eigenvalue weighted by Gasteiger charge is -2.36. The van der Waals surface area contributed by atoms with E-state index in [1.807, 2.05) is 0 Å². The van der Waals surface area contributed by atoms with Gasteiger partial charge in [0.25, 0.3) is 0 Å². The van der Waals surface area contributed by atoms with E-state index >= 15 is 0 Å². The molecular formula is C9H18O3. The van der Waals surface area contributed by atoms with Crippen LogP contribution in [0.15, 0.2) is 0 Å². The molecule has 0 aliphatic heterocycles. The molecule has 0 aromatic carbocycles. The molecule has 0 heterocycles. The summed E-state index contributed by atoms with van der Waals surface area (Å²) in [6, 6.07) is 0. The number of aliphatic hydroxyl groups excluding tert-OH is 2. The van der Waals surface area contributed by atoms with E-state index in [9.17, 15) is 9.90 Å². The van der Waals surface area contributed by atoms with Gasteiger partial charge in [-0.2, -0.15) is 0 Å². The monoisotopic (exact) mass is 174 g/mol. The Balaban J connectivity index is 4.58. The molecule has 0 spiro atoms. The predicted molar refractivity (Wildman–Crippen MR) is 46.7 cm³/mol. The Morgan fingerprint density at radius 1 is 1.33 bits per heavy atom. The van der Waals surface area contributed by atoms with Crippen LogP contribution in [0.25, 0.3) is 0 Å². The van der Waals surface area contributed by atoms with E-state index in [0.717, 1.165) is 6.29 Å². The summed E-state index contributed by atoms with van der Waals surface area (Å²) in [5.41, 5.74) is -1.43. The van der Waals surface area contributed by atoms with E-state index in [1.54, 1.807) is 27.7 Å². The molecule has 12 heavy (non-hydrogen) atoms. The van der Waals surface area contributed by atoms with Crippen LogP contribution in [0, 0.1) is 10.8 Å². The summed E-state index contributed by atoms with van der Waals surface area (Å²) in [6.07, 6.45) is -0.109. The van der Waals surface area contributed by atoms with Gasteiger partial charge in [0.05, 0.1) is 12.7 Å². The van der Waals surface area contributed by atoms with Gasteiger partial charge in [-0.25, -0.2) is 0 Å². The van der Waals surface area contributed by atoms with Crippen LogP contribution < -0.4 is 0 Å². The highest BCUT2D eigenvalue weighted by molar-refractivity contribution is 5.59. The zero-order valence-corrected chi connectivity index (χ0v) is 8.16. The first-order chi connectivity index (χ1) is 5.28. The maximum Gasteiger partial charge on any atom is 0.128 e. The van der Waals surface area contributed by atoms with E-state index in [-0.39, 0.29) is 6.61 Å². The van der Waals surface area contributed by atoms with Crippen molar-refractivity contribution >= 4 is 6.29 Å². The molecule has 3 nitrogen and oxygen atoms in total. The maximum atomic E-state index is 10.6. The highest BCUT2D eigenvalue weighted by Crippen LogP contribution is 2.31. The van der Waals surface area contributed by atoms with Crippen LogP contribution in [0.4, 0.5) is 0 Å². The van der Waals surface area contributed by atoms with Gasteiger partial charge in [-0.05, 0) is 0 Å². The smallest absolute Gasteiger partial charge is 0.128 e. The topological polar surface area (TPSA) is 57.5 Å². The fraction of sp³-hybridized carbons (Fsp3) is 0.889. The zero-order chi connectivity index (χ0) is 9.99. The van der Waals surface area contributed by atoms with Crippen LogP contribution in [-0.4, -0.2) is 29.2 Å². The number of carbonyl (C=O) groups is 1. The first-order valence-electron chi connectivity index (χ1n) is 4.03. The largest absolute Gasteiger partial charge is 0.396 e. The van der Waals surface area contributed by atoms with Gasteiger partial charge >= 0.3 is 0 Å². The van der Waals surface area contributed by atoms with Gasteiger partial charge < -0.3 is 15.0 Å². The van der Waals surface area contributed by atoms with Gasteiger partial charge in [-0.3, -0.25) is 0 Å². The van der Waals surface area contributed by atoms with Gasteiger partial charge in [-0.1, -0.05) is 27.7 Å². The van der Waals surface area contributed by atoms with E-state index in [1.165, 1.54) is 0 Å². The van der Waals surface area contributed by atoms with Crippen LogP contribution in [0.5, 0.6) is 0 Å². The Labute approximate surface area is 73.4 Å². The second kappa shape index (κ2) is 3.54. The minimum Gasteiger partial charge on any atom is -0.396 e. The van der Waals surface area contributed by atoms with Gasteiger partial charge in [0.1, 0.15) is 6.29 Å². The van der Waals surface area contributed by atoms with Crippen LogP contribution in [0.2, 0.25) is 0 Å². The first-order valence-corrected chi connectivity index (χ1v) is 4.03. The molecule has 0 fully saturated rings. The van der Waals surface area contributed by atoms with E-state index in [4.69, 9.17) is 5.11 Å². The maximum absolute atomic E-state index is 10.6. The third-order valence-corrected chi connectivity index (χ3v) is 2.16. The fourth-order valence-electron chi connectivity index (χ4n) is 1.16. The lowest BCUT2D eigenvalue weighted by Crippen LogP contribution is -2.44. The van der Waals surface area contributed by atoms with Crippen molar-refractivity contribution in [3.63, 3.8) is 0 Å². The lowest BCUT2D eigenvalue weighted by atomic mass is 9.73. The molecule has 0 radical (unpaired) electrons. The average molecular weight is 174 g/mol. The number of hydrogen-bond donors (Lipinski definition) is 2. The quantitative estimate of drug-likeness (QED) is 0.613. The Bertz CT molecular complexity index is 161. The van der Waals surface area contributed by atoms with Crippen molar-refractivity contribution in [2.75, 3.05) is 6.61 Å². The average Bonchev–Trinajstić information content (AvgIpc) is 2.03. The van der Waals surface area contributed by atoms with Crippen molar-refractivity contribution in [2.45, 2.75) is 33.8 Å². The molecular weight excluding hydrogens is 156 g/mol. The first kappa shape index (κ1) is 11.6. The van der Waals surface area contributed by atoms with Gasteiger partial charge in [0.2, 0.25) is 0 Å². The fourth-order valence-corrected chi connectivity index (χ4v) is 1.16. The number of carbonyl (C=O) groups excluding carboxylic acids is 1. The van der Waals surface area contributed by atoms with Crippen molar-refractivity contribution in [1.82, 2.24) is 0 Å². The molecule has 0 aliphatic carbocycles. The summed E-state index contributed by atoms with van der Waals surface area (Å²) in [7, 11) is 0. The number of aldehydes is 1. The third kappa shape index (κ3) is 2.29. The van der Waals surface area contributed by atoms with E-state index in [0.29, 0.717) is 0 Å². The molecule has 0 amide bonds. The SMILES string of the molecule is CC(C)(C=O)C(O)C(C)(C)CO. The van der Waals surface area contributed by atoms with Gasteiger partial charge in [0, 0.05) is 10.8 Å². The Morgan fingerprint density at radius 2 is 1.75 bits per heavy atom. The van der Waals surface area contributed by atoms with Crippen LogP contribution in [0.3, 0.4) is 0 Å². The second-order valence-corrected chi connectivity index (χ2v) is 4.49. The minimum atomic E-state index is -0.826. The highest BCUT2D eigenvalue weighted by atomic mass is 16.3. The third-order valence-electron chi connectivity index (χ3n) is 2.16. The summed E-state index contributed by atoms with van der Waals surface area (Å²) < 4.78 is 0. The molecule has 72 valence electrons. The summed E-state index contributed by atoms with van der Waals surface area (Å²) in [5, 5.41) is 18.7. The van der Waals surface area contributed by atoms with Crippen molar-refractivity contribution < 1.29 is 15.0 Å². The van der Waals surface area contributed by atoms with Gasteiger partial charge in [-0.15, -0.1) is 0 Å². The molecule has 0 rings (SSSR count). The molecule has 3 heteroatoms. The Kier molecular flexibility index (Phi) is 3.42. The number of rotatable bonds is 4. The Morgan fingerprint density at radius 3 is 2.00 bits per heavy atom. The number of hydrogen-bond acceptors (Lipinski definition) is 3.